The number of thioether (sulfide) groups is 1. The first-order valence-corrected chi connectivity index (χ1v) is 13.1. The molecule has 1 atom stereocenters. The Morgan fingerprint density at radius 1 is 1.00 bits per heavy atom. The van der Waals surface area contributed by atoms with Crippen molar-refractivity contribution in [3.05, 3.63) is 83.7 Å². The summed E-state index contributed by atoms with van der Waals surface area (Å²) in [6.45, 7) is 6.43. The number of rotatable bonds is 7. The summed E-state index contributed by atoms with van der Waals surface area (Å²) in [7, 11) is 0. The summed E-state index contributed by atoms with van der Waals surface area (Å²) in [4.78, 5) is 19.6. The lowest BCUT2D eigenvalue weighted by molar-refractivity contribution is -0.116. The summed E-state index contributed by atoms with van der Waals surface area (Å²) in [5, 5.41) is 9.84. The molecule has 2 aromatic carbocycles. The third-order valence-electron chi connectivity index (χ3n) is 6.54. The maximum Gasteiger partial charge on any atom is 0.237 e. The highest BCUT2D eigenvalue weighted by Crippen LogP contribution is 2.35. The minimum atomic E-state index is 0.0874. The summed E-state index contributed by atoms with van der Waals surface area (Å²) < 4.78 is 2.12. The van der Waals surface area contributed by atoms with E-state index in [0.717, 1.165) is 42.0 Å². The minimum Gasteiger partial charge on any atom is -0.308 e. The molecule has 0 aliphatic carbocycles. The molecule has 0 saturated carbocycles. The molecule has 1 amide bonds. The van der Waals surface area contributed by atoms with E-state index >= 15 is 0 Å². The zero-order valence-corrected chi connectivity index (χ0v) is 21.1. The molecular formula is C28H29N5OS. The molecule has 0 spiro atoms. The van der Waals surface area contributed by atoms with Crippen LogP contribution in [0, 0.1) is 0 Å². The Balaban J connectivity index is 1.53. The van der Waals surface area contributed by atoms with E-state index in [9.17, 15) is 4.79 Å². The summed E-state index contributed by atoms with van der Waals surface area (Å²) >= 11 is 1.45. The molecule has 0 radical (unpaired) electrons. The highest BCUT2D eigenvalue weighted by molar-refractivity contribution is 7.99. The van der Waals surface area contributed by atoms with Crippen molar-refractivity contribution in [1.29, 1.82) is 0 Å². The molecule has 0 saturated heterocycles. The van der Waals surface area contributed by atoms with Crippen LogP contribution in [-0.4, -0.2) is 37.5 Å². The van der Waals surface area contributed by atoms with Gasteiger partial charge < -0.3 is 4.90 Å². The van der Waals surface area contributed by atoms with Crippen LogP contribution in [0.5, 0.6) is 0 Å². The minimum absolute atomic E-state index is 0.0874. The number of amides is 1. The Labute approximate surface area is 210 Å². The van der Waals surface area contributed by atoms with E-state index < -0.39 is 0 Å². The zero-order chi connectivity index (χ0) is 24.4. The molecule has 0 fully saturated rings. The van der Waals surface area contributed by atoms with Crippen molar-refractivity contribution in [2.45, 2.75) is 51.2 Å². The molecule has 2 aromatic heterocycles. The van der Waals surface area contributed by atoms with Gasteiger partial charge in [0, 0.05) is 29.7 Å². The number of aryl methyl sites for hydroxylation is 2. The summed E-state index contributed by atoms with van der Waals surface area (Å²) in [6.07, 6.45) is 6.23. The number of anilines is 1. The Kier molecular flexibility index (Phi) is 6.68. The zero-order valence-electron chi connectivity index (χ0n) is 20.3. The predicted molar refractivity (Wildman–Crippen MR) is 141 cm³/mol. The second-order valence-corrected chi connectivity index (χ2v) is 9.69. The topological polar surface area (TPSA) is 63.9 Å². The average molecular weight is 484 g/mol. The Morgan fingerprint density at radius 2 is 1.77 bits per heavy atom. The van der Waals surface area contributed by atoms with Gasteiger partial charge >= 0.3 is 0 Å². The van der Waals surface area contributed by atoms with Gasteiger partial charge in [-0.2, -0.15) is 0 Å². The van der Waals surface area contributed by atoms with Gasteiger partial charge in [0.25, 0.3) is 0 Å². The number of nitrogens with zero attached hydrogens (tertiary/aromatic N) is 5. The van der Waals surface area contributed by atoms with Gasteiger partial charge in [-0.3, -0.25) is 14.3 Å². The van der Waals surface area contributed by atoms with Crippen molar-refractivity contribution in [3.63, 3.8) is 0 Å². The Bertz CT molecular complexity index is 1330. The number of para-hydroxylation sites is 2. The standard InChI is InChI=1S/C28H29N5OS/c1-4-20-11-8-12-21(5-2)26(20)33-27(23-13-9-15-29-17-23)30-31-28(33)35-18-25(34)32-19(3)16-22-10-6-7-14-24(22)32/h6-15,17,19H,4-5,16,18H2,1-3H3/t19-/m1/s1. The summed E-state index contributed by atoms with van der Waals surface area (Å²) in [6, 6.07) is 18.6. The molecule has 3 heterocycles. The summed E-state index contributed by atoms with van der Waals surface area (Å²) in [5.74, 6) is 1.12. The number of pyridine rings is 1. The van der Waals surface area contributed by atoms with E-state index in [4.69, 9.17) is 0 Å². The molecule has 6 nitrogen and oxygen atoms in total. The second kappa shape index (κ2) is 10.0. The van der Waals surface area contributed by atoms with Crippen molar-refractivity contribution >= 4 is 23.4 Å². The molecule has 0 N–H and O–H groups in total. The maximum atomic E-state index is 13.4. The molecule has 178 valence electrons. The average Bonchev–Trinajstić information content (AvgIpc) is 3.47. The highest BCUT2D eigenvalue weighted by Gasteiger charge is 2.31. The number of hydrogen-bond donors (Lipinski definition) is 0. The Hall–Kier alpha value is -3.45. The van der Waals surface area contributed by atoms with Crippen LogP contribution in [-0.2, 0) is 24.1 Å². The first-order chi connectivity index (χ1) is 17.1. The van der Waals surface area contributed by atoms with E-state index in [1.165, 1.54) is 28.5 Å². The third kappa shape index (κ3) is 4.36. The Morgan fingerprint density at radius 3 is 2.49 bits per heavy atom. The third-order valence-corrected chi connectivity index (χ3v) is 7.46. The molecule has 0 unspecified atom stereocenters. The number of benzene rings is 2. The number of carbonyl (C=O) groups is 1. The molecular weight excluding hydrogens is 454 g/mol. The van der Waals surface area contributed by atoms with Crippen LogP contribution in [0.2, 0.25) is 0 Å². The van der Waals surface area contributed by atoms with E-state index in [1.807, 2.05) is 41.4 Å². The van der Waals surface area contributed by atoms with Gasteiger partial charge in [0.1, 0.15) is 0 Å². The van der Waals surface area contributed by atoms with Gasteiger partial charge in [-0.25, -0.2) is 0 Å². The lowest BCUT2D eigenvalue weighted by Crippen LogP contribution is -2.37. The first-order valence-electron chi connectivity index (χ1n) is 12.1. The fraction of sp³-hybridized carbons (Fsp3) is 0.286. The van der Waals surface area contributed by atoms with Crippen LogP contribution < -0.4 is 4.90 Å². The smallest absolute Gasteiger partial charge is 0.237 e. The molecule has 4 aromatic rings. The van der Waals surface area contributed by atoms with E-state index in [1.54, 1.807) is 6.20 Å². The first kappa shape index (κ1) is 23.3. The number of aromatic nitrogens is 4. The number of hydrogen-bond acceptors (Lipinski definition) is 5. The maximum absolute atomic E-state index is 13.4. The van der Waals surface area contributed by atoms with Crippen LogP contribution >= 0.6 is 11.8 Å². The van der Waals surface area contributed by atoms with Crippen molar-refractivity contribution in [1.82, 2.24) is 19.7 Å². The predicted octanol–water partition coefficient (Wildman–Crippen LogP) is 5.52. The quantitative estimate of drug-likeness (QED) is 0.324. The van der Waals surface area contributed by atoms with Crippen LogP contribution in [0.25, 0.3) is 17.1 Å². The van der Waals surface area contributed by atoms with Crippen LogP contribution in [0.3, 0.4) is 0 Å². The van der Waals surface area contributed by atoms with Crippen molar-refractivity contribution in [2.75, 3.05) is 10.7 Å². The fourth-order valence-electron chi connectivity index (χ4n) is 4.89. The summed E-state index contributed by atoms with van der Waals surface area (Å²) in [5.41, 5.74) is 6.70. The van der Waals surface area contributed by atoms with Crippen LogP contribution in [0.15, 0.2) is 72.1 Å². The normalized spacial score (nSPS) is 14.8. The monoisotopic (exact) mass is 483 g/mol. The molecule has 5 rings (SSSR count). The molecule has 1 aliphatic heterocycles. The van der Waals surface area contributed by atoms with Crippen molar-refractivity contribution in [2.24, 2.45) is 0 Å². The van der Waals surface area contributed by atoms with E-state index in [2.05, 4.69) is 64.8 Å². The lowest BCUT2D eigenvalue weighted by atomic mass is 10.0. The van der Waals surface area contributed by atoms with Crippen LogP contribution in [0.1, 0.15) is 37.5 Å². The fourth-order valence-corrected chi connectivity index (χ4v) is 5.69. The van der Waals surface area contributed by atoms with Gasteiger partial charge in [0.2, 0.25) is 5.91 Å². The second-order valence-electron chi connectivity index (χ2n) is 8.75. The number of fused-ring (bicyclic) bond motifs is 1. The van der Waals surface area contributed by atoms with Gasteiger partial charge in [0.15, 0.2) is 11.0 Å². The highest BCUT2D eigenvalue weighted by atomic mass is 32.2. The van der Waals surface area contributed by atoms with E-state index in [0.29, 0.717) is 10.9 Å². The van der Waals surface area contributed by atoms with Gasteiger partial charge in [-0.1, -0.05) is 62.0 Å². The lowest BCUT2D eigenvalue weighted by Gasteiger charge is -2.23. The number of carbonyl (C=O) groups excluding carboxylic acids is 1. The molecule has 0 bridgehead atoms. The van der Waals surface area contributed by atoms with Gasteiger partial charge in [-0.15, -0.1) is 10.2 Å². The van der Waals surface area contributed by atoms with E-state index in [-0.39, 0.29) is 11.9 Å². The van der Waals surface area contributed by atoms with Crippen molar-refractivity contribution < 1.29 is 4.79 Å². The largest absolute Gasteiger partial charge is 0.308 e. The van der Waals surface area contributed by atoms with Crippen molar-refractivity contribution in [3.8, 4) is 17.1 Å². The molecule has 7 heteroatoms. The molecule has 35 heavy (non-hydrogen) atoms. The van der Waals surface area contributed by atoms with Gasteiger partial charge in [0.05, 0.1) is 11.4 Å². The van der Waals surface area contributed by atoms with Crippen LogP contribution in [0.4, 0.5) is 5.69 Å². The SMILES string of the molecule is CCc1cccc(CC)c1-n1c(SCC(=O)N2c3ccccc3C[C@H]2C)nnc1-c1cccnc1. The van der Waals surface area contributed by atoms with Gasteiger partial charge in [-0.05, 0) is 61.1 Å². The molecule has 1 aliphatic rings.